The van der Waals surface area contributed by atoms with E-state index in [2.05, 4.69) is 0 Å². The molecule has 0 aromatic carbocycles. The van der Waals surface area contributed by atoms with Crippen molar-refractivity contribution in [3.05, 3.63) is 0 Å². The second kappa shape index (κ2) is 15.6. The van der Waals surface area contributed by atoms with Crippen LogP contribution in [0.25, 0.3) is 0 Å². The van der Waals surface area contributed by atoms with Crippen molar-refractivity contribution in [3.8, 4) is 0 Å². The van der Waals surface area contributed by atoms with E-state index in [0.717, 1.165) is 48.5 Å². The van der Waals surface area contributed by atoms with Crippen LogP contribution in [0.4, 0.5) is 0 Å². The standard InChI is InChI=1S/C26H36O17/c1-10-19(36-11(2)27)21(38-13(4)29)23(40-15(6)31)25(35-10)34-9-18-20(37-12(3)28)22(39-14(5)30)24(41-16(7)32)26(43-18)42-17(8)33/h10,18-26H,9H2,1-8H3/t10-,18-,19+,20-,21+,22+,23-,24-,25+,26+/m0/s1. The van der Waals surface area contributed by atoms with Crippen LogP contribution < -0.4 is 0 Å². The molecule has 10 atom stereocenters. The molecule has 2 rings (SSSR count). The first-order valence-corrected chi connectivity index (χ1v) is 13.1. The first kappa shape index (κ1) is 35.4. The summed E-state index contributed by atoms with van der Waals surface area (Å²) in [4.78, 5) is 83.4. The van der Waals surface area contributed by atoms with Crippen LogP contribution in [-0.2, 0) is 80.9 Å². The van der Waals surface area contributed by atoms with Gasteiger partial charge in [-0.3, -0.25) is 33.6 Å². The van der Waals surface area contributed by atoms with Crippen molar-refractivity contribution in [2.24, 2.45) is 0 Å². The Balaban J connectivity index is 2.47. The lowest BCUT2D eigenvalue weighted by Crippen LogP contribution is -2.64. The molecule has 17 nitrogen and oxygen atoms in total. The fraction of sp³-hybridized carbons (Fsp3) is 0.731. The topological polar surface area (TPSA) is 212 Å². The van der Waals surface area contributed by atoms with Gasteiger partial charge in [0, 0.05) is 48.5 Å². The van der Waals surface area contributed by atoms with Gasteiger partial charge in [0.2, 0.25) is 12.4 Å². The summed E-state index contributed by atoms with van der Waals surface area (Å²) >= 11 is 0. The SMILES string of the molecule is CC(=O)O[C@@H]1O[C@@H](CO[C@@H]2O[C@@H](C)[C@@H](OC(C)=O)[C@@H](OC(C)=O)[C@@H]2OC(C)=O)[C@H](OC(C)=O)[C@@H](OC(C)=O)[C@@H]1OC(C)=O. The maximum atomic E-state index is 12.0. The minimum Gasteiger partial charge on any atom is -0.456 e. The monoisotopic (exact) mass is 620 g/mol. The van der Waals surface area contributed by atoms with Gasteiger partial charge in [-0.1, -0.05) is 0 Å². The van der Waals surface area contributed by atoms with Crippen LogP contribution in [0.3, 0.4) is 0 Å². The highest BCUT2D eigenvalue weighted by molar-refractivity contribution is 5.70. The molecular weight excluding hydrogens is 584 g/mol. The molecule has 2 fully saturated rings. The Kier molecular flexibility index (Phi) is 12.8. The molecule has 0 radical (unpaired) electrons. The predicted molar refractivity (Wildman–Crippen MR) is 134 cm³/mol. The van der Waals surface area contributed by atoms with Crippen molar-refractivity contribution in [1.82, 2.24) is 0 Å². The Bertz CT molecular complexity index is 1070. The molecule has 0 amide bonds. The molecule has 2 aliphatic rings. The third-order valence-corrected chi connectivity index (χ3v) is 5.84. The number of rotatable bonds is 10. The number of carbonyl (C=O) groups excluding carboxylic acids is 7. The summed E-state index contributed by atoms with van der Waals surface area (Å²) in [5.41, 5.74) is 0. The fourth-order valence-electron chi connectivity index (χ4n) is 4.54. The molecule has 2 heterocycles. The summed E-state index contributed by atoms with van der Waals surface area (Å²) in [6.45, 7) is 8.41. The summed E-state index contributed by atoms with van der Waals surface area (Å²) in [7, 11) is 0. The van der Waals surface area contributed by atoms with Gasteiger partial charge in [0.1, 0.15) is 6.10 Å². The van der Waals surface area contributed by atoms with Crippen molar-refractivity contribution in [3.63, 3.8) is 0 Å². The van der Waals surface area contributed by atoms with E-state index in [1.807, 2.05) is 0 Å². The van der Waals surface area contributed by atoms with E-state index in [1.165, 1.54) is 6.92 Å². The third kappa shape index (κ3) is 10.4. The van der Waals surface area contributed by atoms with Crippen molar-refractivity contribution < 1.29 is 80.9 Å². The number of hydrogen-bond acceptors (Lipinski definition) is 17. The van der Waals surface area contributed by atoms with Crippen molar-refractivity contribution in [2.75, 3.05) is 6.61 Å². The Morgan fingerprint density at radius 2 is 0.791 bits per heavy atom. The smallest absolute Gasteiger partial charge is 0.305 e. The van der Waals surface area contributed by atoms with Crippen LogP contribution in [0.2, 0.25) is 0 Å². The molecule has 0 spiro atoms. The number of hydrogen-bond donors (Lipinski definition) is 0. The largest absolute Gasteiger partial charge is 0.456 e. The van der Waals surface area contributed by atoms with Gasteiger partial charge < -0.3 is 47.4 Å². The second-order valence-electron chi connectivity index (χ2n) is 9.64. The summed E-state index contributed by atoms with van der Waals surface area (Å²) < 4.78 is 54.5. The zero-order valence-corrected chi connectivity index (χ0v) is 24.9. The number of ether oxygens (including phenoxy) is 10. The molecule has 0 aromatic heterocycles. The molecule has 2 aliphatic heterocycles. The molecule has 0 unspecified atom stereocenters. The van der Waals surface area contributed by atoms with E-state index >= 15 is 0 Å². The molecule has 242 valence electrons. The first-order chi connectivity index (χ1) is 20.0. The first-order valence-electron chi connectivity index (χ1n) is 13.1. The normalized spacial score (nSPS) is 31.9. The van der Waals surface area contributed by atoms with Crippen LogP contribution in [0.5, 0.6) is 0 Å². The predicted octanol–water partition coefficient (Wildman–Crippen LogP) is -0.374. The van der Waals surface area contributed by atoms with Crippen molar-refractivity contribution in [1.29, 1.82) is 0 Å². The summed E-state index contributed by atoms with van der Waals surface area (Å²) in [6.07, 6.45) is -14.1. The van der Waals surface area contributed by atoms with Gasteiger partial charge in [-0.15, -0.1) is 0 Å². The third-order valence-electron chi connectivity index (χ3n) is 5.84. The van der Waals surface area contributed by atoms with E-state index < -0.39 is 110 Å². The van der Waals surface area contributed by atoms with E-state index in [0.29, 0.717) is 0 Å². The minimum absolute atomic E-state index is 0.569. The molecule has 0 N–H and O–H groups in total. The Hall–Kier alpha value is -3.83. The highest BCUT2D eigenvalue weighted by Gasteiger charge is 2.55. The maximum absolute atomic E-state index is 12.0. The molecule has 17 heteroatoms. The maximum Gasteiger partial charge on any atom is 0.305 e. The van der Waals surface area contributed by atoms with Crippen LogP contribution in [0.15, 0.2) is 0 Å². The second-order valence-corrected chi connectivity index (χ2v) is 9.64. The van der Waals surface area contributed by atoms with Crippen LogP contribution in [-0.4, -0.2) is 110 Å². The number of carbonyl (C=O) groups is 7. The summed E-state index contributed by atoms with van der Waals surface area (Å²) in [5, 5.41) is 0. The molecule has 0 saturated carbocycles. The zero-order valence-electron chi connectivity index (χ0n) is 24.9. The van der Waals surface area contributed by atoms with Gasteiger partial charge in [0.15, 0.2) is 36.8 Å². The molecule has 43 heavy (non-hydrogen) atoms. The minimum atomic E-state index is -1.65. The van der Waals surface area contributed by atoms with E-state index in [9.17, 15) is 33.6 Å². The van der Waals surface area contributed by atoms with Gasteiger partial charge in [0.25, 0.3) is 0 Å². The van der Waals surface area contributed by atoms with Crippen molar-refractivity contribution >= 4 is 41.8 Å². The lowest BCUT2D eigenvalue weighted by Gasteiger charge is -2.45. The molecule has 0 aromatic rings. The molecule has 0 bridgehead atoms. The van der Waals surface area contributed by atoms with E-state index in [1.54, 1.807) is 0 Å². The van der Waals surface area contributed by atoms with E-state index in [4.69, 9.17) is 47.4 Å². The average Bonchev–Trinajstić information content (AvgIpc) is 2.84. The summed E-state index contributed by atoms with van der Waals surface area (Å²) in [5.74, 6) is -5.75. The Morgan fingerprint density at radius 3 is 1.23 bits per heavy atom. The lowest BCUT2D eigenvalue weighted by atomic mass is 9.97. The zero-order chi connectivity index (χ0) is 32.6. The van der Waals surface area contributed by atoms with E-state index in [-0.39, 0.29) is 0 Å². The molecule has 2 saturated heterocycles. The summed E-state index contributed by atoms with van der Waals surface area (Å²) in [6, 6.07) is 0. The fourth-order valence-corrected chi connectivity index (χ4v) is 4.54. The molecular formula is C26H36O17. The molecule has 0 aliphatic carbocycles. The average molecular weight is 621 g/mol. The van der Waals surface area contributed by atoms with Crippen LogP contribution >= 0.6 is 0 Å². The van der Waals surface area contributed by atoms with Crippen LogP contribution in [0.1, 0.15) is 55.4 Å². The Labute approximate surface area is 246 Å². The lowest BCUT2D eigenvalue weighted by molar-refractivity contribution is -0.327. The van der Waals surface area contributed by atoms with Gasteiger partial charge >= 0.3 is 41.8 Å². The Morgan fingerprint density at radius 1 is 0.442 bits per heavy atom. The van der Waals surface area contributed by atoms with Gasteiger partial charge in [0.05, 0.1) is 12.7 Å². The van der Waals surface area contributed by atoms with Gasteiger partial charge in [-0.25, -0.2) is 0 Å². The van der Waals surface area contributed by atoms with Crippen molar-refractivity contribution in [2.45, 2.75) is 117 Å². The quantitative estimate of drug-likeness (QED) is 0.225. The highest BCUT2D eigenvalue weighted by atomic mass is 16.8. The highest BCUT2D eigenvalue weighted by Crippen LogP contribution is 2.33. The van der Waals surface area contributed by atoms with Gasteiger partial charge in [-0.2, -0.15) is 0 Å². The van der Waals surface area contributed by atoms with Crippen LogP contribution in [0, 0.1) is 0 Å². The van der Waals surface area contributed by atoms with Gasteiger partial charge in [-0.05, 0) is 6.92 Å². The number of esters is 7.